The fraction of sp³-hybridized carbons (Fsp3) is 0.827. The van der Waals surface area contributed by atoms with Gasteiger partial charge >= 0.3 is 29.6 Å². The van der Waals surface area contributed by atoms with E-state index in [2.05, 4.69) is 109 Å². The van der Waals surface area contributed by atoms with E-state index in [0.29, 0.717) is 59.1 Å². The quantitative estimate of drug-likeness (QED) is 0.226. The van der Waals surface area contributed by atoms with Crippen LogP contribution in [0.25, 0.3) is 9.69 Å². The summed E-state index contributed by atoms with van der Waals surface area (Å²) in [7, 11) is 0.750. The summed E-state index contributed by atoms with van der Waals surface area (Å²) in [4.78, 5) is 51.9. The fourth-order valence-electron chi connectivity index (χ4n) is 20.9. The standard InChI is InChI=1S/2C18H28N2O2.C18H26N2O2.C14H19NO2.C4H9NO.CH3O.2CH4.Na.H2/c1-17(2)15-5-4-14(20-6-8-21-9-7-20)11-18(15,3)10-13-12-19-22-16(13)17;2*1-17(2)15-6-5-13(20-7-9-22-10-8-20)11-18(15,3)12-14(19-4)16(17)21;1-13(2)11-5-4-10(16)7-14(11,3)6-9-8-15-17-12(9)13;1-3-6-4-2-5-1;1-2;;;;/h12,14-15H,4-11H2,1-3H3;13-15H,5-12H2,1-3H3;12-13,15H,5-11H2,1-3H3;8,11H,4-7H2,1-3H3;5H,1-4H2;1H3;2*1H4;;1H/q;;;;;-1;;;+1;/t14-,15-,18+;13-,14?,15-,18-;13-,15-,18-;11-,14+;;;;;;/m0000....../s1/i;;;;;;;;;1+1D. The zero-order valence-electron chi connectivity index (χ0n) is 61.0. The molecule has 8 aliphatic carbocycles. The summed E-state index contributed by atoms with van der Waals surface area (Å²) in [6.07, 6.45) is 21.6. The number of nitrogens with one attached hydrogen (secondary N) is 1. The molecule has 9 fully saturated rings. The summed E-state index contributed by atoms with van der Waals surface area (Å²) in [5.41, 5.74) is 2.76. The van der Waals surface area contributed by atoms with Crippen LogP contribution >= 0.6 is 0 Å². The summed E-state index contributed by atoms with van der Waals surface area (Å²) in [6, 6.07) is 1.44. The third kappa shape index (κ3) is 16.6. The van der Waals surface area contributed by atoms with E-state index in [-0.39, 0.29) is 88.5 Å². The average Bonchev–Trinajstić information content (AvgIpc) is 1.50. The minimum Gasteiger partial charge on any atom is -0.857 e. The van der Waals surface area contributed by atoms with Gasteiger partial charge in [0.1, 0.15) is 17.3 Å². The number of hydrogen-bond donors (Lipinski definition) is 1. The second-order valence-corrected chi connectivity index (χ2v) is 32.3. The Morgan fingerprint density at radius 3 is 1.38 bits per heavy atom. The van der Waals surface area contributed by atoms with Crippen LogP contribution in [-0.4, -0.2) is 179 Å². The van der Waals surface area contributed by atoms with Gasteiger partial charge < -0.3 is 48.1 Å². The van der Waals surface area contributed by atoms with Gasteiger partial charge in [-0.2, -0.15) is 7.11 Å². The normalized spacial score (nSPS) is 36.0. The molecule has 4 saturated heterocycles. The van der Waals surface area contributed by atoms with Crippen molar-refractivity contribution in [3.63, 3.8) is 0 Å². The number of carbonyl (C=O) groups is 3. The first kappa shape index (κ1) is 78.1. The van der Waals surface area contributed by atoms with Crippen LogP contribution in [0.3, 0.4) is 0 Å². The van der Waals surface area contributed by atoms with Gasteiger partial charge in [0.2, 0.25) is 11.5 Å². The zero-order chi connectivity index (χ0) is 67.8. The van der Waals surface area contributed by atoms with Crippen LogP contribution in [0.1, 0.15) is 207 Å². The molecule has 0 aromatic carbocycles. The molecular weight excluding hydrogens is 1200 g/mol. The fourth-order valence-corrected chi connectivity index (χ4v) is 20.9. The first-order valence-electron chi connectivity index (χ1n) is 35.8. The van der Waals surface area contributed by atoms with Crippen LogP contribution < -0.4 is 40.0 Å². The Labute approximate surface area is 591 Å². The molecule has 1 unspecified atom stereocenters. The van der Waals surface area contributed by atoms with E-state index < -0.39 is 11.5 Å². The Kier molecular flexibility index (Phi) is 27.3. The predicted molar refractivity (Wildman–Crippen MR) is 364 cm³/mol. The molecule has 12 atom stereocenters. The smallest absolute Gasteiger partial charge is 0.857 e. The van der Waals surface area contributed by atoms with Crippen molar-refractivity contribution in [1.29, 1.82) is 0 Å². The maximum atomic E-state index is 12.6. The molecule has 12 aliphatic rings. The second kappa shape index (κ2) is 32.9. The van der Waals surface area contributed by atoms with Crippen LogP contribution in [0.15, 0.2) is 33.2 Å². The number of ether oxygens (including phenoxy) is 4. The van der Waals surface area contributed by atoms with E-state index in [1.165, 1.54) is 36.8 Å². The molecule has 5 saturated carbocycles. The van der Waals surface area contributed by atoms with Crippen molar-refractivity contribution < 1.29 is 80.0 Å². The van der Waals surface area contributed by atoms with E-state index in [0.717, 1.165) is 194 Å². The number of fused-ring (bicyclic) bond motifs is 6. The number of Topliss-reactive ketones (excluding diaryl/α,β-unsaturated/α-hetero) is 3. The molecule has 1 N–H and O–H groups in total. The second-order valence-electron chi connectivity index (χ2n) is 32.3. The van der Waals surface area contributed by atoms with E-state index in [4.69, 9.17) is 49.2 Å². The third-order valence-electron chi connectivity index (χ3n) is 24.9. The first-order valence-corrected chi connectivity index (χ1v) is 34.8. The molecule has 2 aromatic heterocycles. The Balaban J connectivity index is 0.000000219. The van der Waals surface area contributed by atoms with E-state index >= 15 is 0 Å². The molecule has 0 bridgehead atoms. The first-order chi connectivity index (χ1) is 44.2. The van der Waals surface area contributed by atoms with E-state index in [9.17, 15) is 14.4 Å². The van der Waals surface area contributed by atoms with Crippen LogP contribution in [0.4, 0.5) is 0 Å². The van der Waals surface area contributed by atoms with Crippen LogP contribution in [0, 0.1) is 69.3 Å². The molecule has 18 nitrogen and oxygen atoms in total. The number of aromatic nitrogens is 2. The Bertz CT molecular complexity index is 2930. The van der Waals surface area contributed by atoms with Gasteiger partial charge in [0.05, 0.1) is 71.8 Å². The Hall–Kier alpha value is -3.21. The van der Waals surface area contributed by atoms with E-state index in [1.54, 1.807) is 0 Å². The topological polar surface area (TPSA) is 194 Å². The van der Waals surface area contributed by atoms with Crippen molar-refractivity contribution in [3.8, 4) is 0 Å². The third-order valence-corrected chi connectivity index (χ3v) is 24.9. The van der Waals surface area contributed by atoms with Crippen molar-refractivity contribution in [2.24, 2.45) is 56.2 Å². The SMILES string of the molecule is C.C.C1COCCN1.CC1(C)c2oncc2C[C@]2(C)CC(=O)CC[C@@H]12.CC1(C)c2oncc2C[C@]2(C)C[C@@H](N3CCOCC3)CC[C@@H]12.C[O-].[2H][2H].[C-]#[N+]C1=C[C@]2(C)C[C@@H](N3CCOCC3)CC[C@H]2C(C)(C)C1=O.[C-]#[N+]C1C[C@]2(C)C[C@@H](N3CCOCC3)CC[C@H]2C(C)(C)C1=O.[Na+]. The van der Waals surface area contributed by atoms with Crippen LogP contribution in [0.5, 0.6) is 0 Å². The molecule has 19 heteroatoms. The summed E-state index contributed by atoms with van der Waals surface area (Å²) in [5, 5.41) is 19.5. The molecule has 14 rings (SSSR count). The van der Waals surface area contributed by atoms with Crippen molar-refractivity contribution >= 4 is 17.3 Å². The molecule has 0 spiro atoms. The minimum absolute atomic E-state index is 0. The molecular formula is C75H123N8NaO10. The zero-order valence-corrected chi connectivity index (χ0v) is 61.0. The molecule has 524 valence electrons. The summed E-state index contributed by atoms with van der Waals surface area (Å²) in [6.45, 7) is 56.7. The number of nitrogens with zero attached hydrogens (tertiary/aromatic N) is 7. The molecule has 94 heavy (non-hydrogen) atoms. The number of ketones is 3. The molecule has 0 amide bonds. The van der Waals surface area contributed by atoms with Crippen molar-refractivity contribution in [1.82, 2.24) is 30.3 Å². The molecule has 4 aliphatic heterocycles. The maximum Gasteiger partial charge on any atom is 1.00 e. The average molecular weight is 1320 g/mol. The number of allylic oxidation sites excluding steroid dienone is 2. The van der Waals surface area contributed by atoms with Gasteiger partial charge in [-0.15, -0.1) is 0 Å². The summed E-state index contributed by atoms with van der Waals surface area (Å²) in [5.74, 6) is 4.78. The van der Waals surface area contributed by atoms with Gasteiger partial charge in [-0.1, -0.05) is 114 Å². The largest absolute Gasteiger partial charge is 1.00 e. The monoisotopic (exact) mass is 1320 g/mol. The summed E-state index contributed by atoms with van der Waals surface area (Å²) >= 11 is 0. The Morgan fingerprint density at radius 1 is 0.532 bits per heavy atom. The van der Waals surface area contributed by atoms with Gasteiger partial charge in [-0.25, -0.2) is 11.4 Å². The van der Waals surface area contributed by atoms with Gasteiger partial charge in [0.15, 0.2) is 5.78 Å². The van der Waals surface area contributed by atoms with Gasteiger partial charge in [-0.3, -0.25) is 24.3 Å². The molecule has 2 aromatic rings. The van der Waals surface area contributed by atoms with Crippen molar-refractivity contribution in [3.05, 3.63) is 69.6 Å². The number of rotatable bonds is 3. The summed E-state index contributed by atoms with van der Waals surface area (Å²) < 4.78 is 42.6. The number of morpholine rings is 4. The number of hydrogen-bond acceptors (Lipinski definition) is 16. The van der Waals surface area contributed by atoms with Gasteiger partial charge in [0, 0.05) is 126 Å². The van der Waals surface area contributed by atoms with Gasteiger partial charge in [0.25, 0.3) is 6.04 Å². The number of carbonyl (C=O) groups excluding carboxylic acids is 3. The maximum absolute atomic E-state index is 12.6. The van der Waals surface area contributed by atoms with Gasteiger partial charge in [-0.05, 0) is 122 Å². The molecule has 6 heterocycles. The predicted octanol–water partition coefficient (Wildman–Crippen LogP) is 8.69. The van der Waals surface area contributed by atoms with Crippen LogP contribution in [0.2, 0.25) is 0 Å². The molecule has 0 radical (unpaired) electrons. The minimum atomic E-state index is -0.431. The van der Waals surface area contributed by atoms with Crippen molar-refractivity contribution in [2.45, 2.75) is 229 Å². The van der Waals surface area contributed by atoms with Crippen LogP contribution in [-0.2, 0) is 57.0 Å². The Morgan fingerprint density at radius 2 is 0.947 bits per heavy atom. The van der Waals surface area contributed by atoms with Crippen molar-refractivity contribution in [2.75, 3.05) is 112 Å². The van der Waals surface area contributed by atoms with E-state index in [1.807, 2.05) is 32.3 Å².